The van der Waals surface area contributed by atoms with E-state index in [1.54, 1.807) is 18.5 Å². The maximum Gasteiger partial charge on any atom is 0.265 e. The minimum atomic E-state index is -0.101. The summed E-state index contributed by atoms with van der Waals surface area (Å²) in [6, 6.07) is 16.1. The Labute approximate surface area is 146 Å². The molecule has 0 aliphatic carbocycles. The molecule has 3 rings (SSSR count). The molecule has 1 aromatic carbocycles. The number of carbonyl (C=O) groups is 1. The fraction of sp³-hybridized carbons (Fsp3) is 0.200. The highest BCUT2D eigenvalue weighted by Crippen LogP contribution is 2.29. The molecule has 0 fully saturated rings. The third kappa shape index (κ3) is 4.09. The van der Waals surface area contributed by atoms with Crippen LogP contribution in [0.1, 0.15) is 29.1 Å². The van der Waals surface area contributed by atoms with Gasteiger partial charge in [-0.15, -0.1) is 11.3 Å². The molecule has 0 atom stereocenters. The van der Waals surface area contributed by atoms with Gasteiger partial charge < -0.3 is 5.32 Å². The standard InChI is InChI=1S/C20H20N2OS/c1-14(2)12-15-5-7-16(8-6-15)18-9-10-19(24-18)20(23)22-17-4-3-11-21-13-17/h3-11,13-14H,12H2,1-2H3,(H,22,23). The summed E-state index contributed by atoms with van der Waals surface area (Å²) in [6.45, 7) is 4.45. The zero-order valence-corrected chi connectivity index (χ0v) is 14.6. The fourth-order valence-corrected chi connectivity index (χ4v) is 3.43. The monoisotopic (exact) mass is 336 g/mol. The minimum absolute atomic E-state index is 0.101. The Hall–Kier alpha value is -2.46. The number of pyridine rings is 1. The highest BCUT2D eigenvalue weighted by molar-refractivity contribution is 7.17. The average Bonchev–Trinajstić information content (AvgIpc) is 3.06. The molecule has 1 amide bonds. The van der Waals surface area contributed by atoms with E-state index in [1.807, 2.05) is 18.2 Å². The van der Waals surface area contributed by atoms with Crippen molar-refractivity contribution < 1.29 is 4.79 Å². The first-order valence-electron chi connectivity index (χ1n) is 8.02. The summed E-state index contributed by atoms with van der Waals surface area (Å²) in [5.41, 5.74) is 3.20. The molecule has 0 radical (unpaired) electrons. The quantitative estimate of drug-likeness (QED) is 0.690. The second-order valence-corrected chi connectivity index (χ2v) is 7.24. The van der Waals surface area contributed by atoms with Crippen LogP contribution in [0.2, 0.25) is 0 Å². The van der Waals surface area contributed by atoms with Gasteiger partial charge in [-0.3, -0.25) is 9.78 Å². The molecule has 0 aliphatic heterocycles. The number of nitrogens with one attached hydrogen (secondary N) is 1. The summed E-state index contributed by atoms with van der Waals surface area (Å²) in [5.74, 6) is 0.552. The smallest absolute Gasteiger partial charge is 0.265 e. The van der Waals surface area contributed by atoms with Gasteiger partial charge in [0.1, 0.15) is 0 Å². The van der Waals surface area contributed by atoms with Gasteiger partial charge in [0.25, 0.3) is 5.91 Å². The summed E-state index contributed by atoms with van der Waals surface area (Å²) in [4.78, 5) is 18.1. The predicted molar refractivity (Wildman–Crippen MR) is 100 cm³/mol. The minimum Gasteiger partial charge on any atom is -0.320 e. The van der Waals surface area contributed by atoms with Gasteiger partial charge in [-0.05, 0) is 47.7 Å². The van der Waals surface area contributed by atoms with Crippen LogP contribution >= 0.6 is 11.3 Å². The van der Waals surface area contributed by atoms with E-state index in [-0.39, 0.29) is 5.91 Å². The number of thiophene rings is 1. The molecule has 1 N–H and O–H groups in total. The number of hydrogen-bond acceptors (Lipinski definition) is 3. The van der Waals surface area contributed by atoms with Gasteiger partial charge in [0.15, 0.2) is 0 Å². The summed E-state index contributed by atoms with van der Waals surface area (Å²) >= 11 is 1.50. The van der Waals surface area contributed by atoms with E-state index in [2.05, 4.69) is 48.4 Å². The number of anilines is 1. The van der Waals surface area contributed by atoms with Crippen LogP contribution in [0.15, 0.2) is 60.9 Å². The van der Waals surface area contributed by atoms with Crippen LogP contribution in [0.5, 0.6) is 0 Å². The van der Waals surface area contributed by atoms with Gasteiger partial charge in [0.2, 0.25) is 0 Å². The molecule has 24 heavy (non-hydrogen) atoms. The second kappa shape index (κ2) is 7.41. The lowest BCUT2D eigenvalue weighted by Crippen LogP contribution is -2.09. The van der Waals surface area contributed by atoms with Crippen molar-refractivity contribution in [1.82, 2.24) is 4.98 Å². The van der Waals surface area contributed by atoms with Crippen molar-refractivity contribution in [3.8, 4) is 10.4 Å². The molecule has 0 bridgehead atoms. The van der Waals surface area contributed by atoms with Crippen molar-refractivity contribution in [2.45, 2.75) is 20.3 Å². The number of aromatic nitrogens is 1. The van der Waals surface area contributed by atoms with Crippen molar-refractivity contribution in [3.63, 3.8) is 0 Å². The topological polar surface area (TPSA) is 42.0 Å². The van der Waals surface area contributed by atoms with E-state index >= 15 is 0 Å². The van der Waals surface area contributed by atoms with E-state index in [9.17, 15) is 4.79 Å². The Kier molecular flexibility index (Phi) is 5.06. The predicted octanol–water partition coefficient (Wildman–Crippen LogP) is 5.26. The molecule has 3 aromatic rings. The molecule has 2 heterocycles. The van der Waals surface area contributed by atoms with E-state index in [0.717, 1.165) is 16.9 Å². The van der Waals surface area contributed by atoms with Gasteiger partial charge >= 0.3 is 0 Å². The molecule has 4 heteroatoms. The van der Waals surface area contributed by atoms with Gasteiger partial charge in [-0.1, -0.05) is 38.1 Å². The molecule has 0 saturated carbocycles. The van der Waals surface area contributed by atoms with Crippen molar-refractivity contribution in [2.24, 2.45) is 5.92 Å². The van der Waals surface area contributed by atoms with Crippen LogP contribution < -0.4 is 5.32 Å². The lowest BCUT2D eigenvalue weighted by molar-refractivity contribution is 0.103. The van der Waals surface area contributed by atoms with Gasteiger partial charge in [0, 0.05) is 11.1 Å². The first kappa shape index (κ1) is 16.4. The van der Waals surface area contributed by atoms with Crippen LogP contribution in [-0.4, -0.2) is 10.9 Å². The molecule has 0 unspecified atom stereocenters. The third-order valence-electron chi connectivity index (χ3n) is 3.63. The summed E-state index contributed by atoms with van der Waals surface area (Å²) in [5, 5.41) is 2.86. The van der Waals surface area contributed by atoms with Gasteiger partial charge in [-0.2, -0.15) is 0 Å². The first-order valence-corrected chi connectivity index (χ1v) is 8.84. The molecule has 0 saturated heterocycles. The molecule has 0 aliphatic rings. The normalized spacial score (nSPS) is 10.8. The molecule has 3 nitrogen and oxygen atoms in total. The zero-order valence-electron chi connectivity index (χ0n) is 13.8. The number of carbonyl (C=O) groups excluding carboxylic acids is 1. The Morgan fingerprint density at radius 3 is 2.58 bits per heavy atom. The van der Waals surface area contributed by atoms with Crippen molar-refractivity contribution in [1.29, 1.82) is 0 Å². The molecule has 122 valence electrons. The average molecular weight is 336 g/mol. The first-order chi connectivity index (χ1) is 11.6. The molecule has 2 aromatic heterocycles. The van der Waals surface area contributed by atoms with E-state index in [1.165, 1.54) is 16.9 Å². The van der Waals surface area contributed by atoms with Gasteiger partial charge in [0.05, 0.1) is 16.8 Å². The highest BCUT2D eigenvalue weighted by Gasteiger charge is 2.11. The number of hydrogen-bond donors (Lipinski definition) is 1. The van der Waals surface area contributed by atoms with E-state index in [0.29, 0.717) is 16.5 Å². The van der Waals surface area contributed by atoms with E-state index in [4.69, 9.17) is 0 Å². The van der Waals surface area contributed by atoms with Crippen LogP contribution in [0.3, 0.4) is 0 Å². The number of rotatable bonds is 5. The van der Waals surface area contributed by atoms with Crippen LogP contribution in [0, 0.1) is 5.92 Å². The van der Waals surface area contributed by atoms with Crippen molar-refractivity contribution in [3.05, 3.63) is 71.4 Å². The maximum absolute atomic E-state index is 12.3. The molecular formula is C20H20N2OS. The number of nitrogens with zero attached hydrogens (tertiary/aromatic N) is 1. The number of amides is 1. The third-order valence-corrected chi connectivity index (χ3v) is 4.76. The van der Waals surface area contributed by atoms with Gasteiger partial charge in [-0.25, -0.2) is 0 Å². The van der Waals surface area contributed by atoms with Crippen molar-refractivity contribution >= 4 is 22.9 Å². The fourth-order valence-electron chi connectivity index (χ4n) is 2.52. The highest BCUT2D eigenvalue weighted by atomic mass is 32.1. The Bertz CT molecular complexity index is 807. The van der Waals surface area contributed by atoms with Crippen LogP contribution in [0.25, 0.3) is 10.4 Å². The Balaban J connectivity index is 1.72. The SMILES string of the molecule is CC(C)Cc1ccc(-c2ccc(C(=O)Nc3cccnc3)s2)cc1. The Morgan fingerprint density at radius 2 is 1.92 bits per heavy atom. The molecular weight excluding hydrogens is 316 g/mol. The lowest BCUT2D eigenvalue weighted by atomic mass is 10.0. The summed E-state index contributed by atoms with van der Waals surface area (Å²) < 4.78 is 0. The maximum atomic E-state index is 12.3. The van der Waals surface area contributed by atoms with E-state index < -0.39 is 0 Å². The van der Waals surface area contributed by atoms with Crippen LogP contribution in [-0.2, 0) is 6.42 Å². The number of benzene rings is 1. The largest absolute Gasteiger partial charge is 0.320 e. The summed E-state index contributed by atoms with van der Waals surface area (Å²) in [7, 11) is 0. The Morgan fingerprint density at radius 1 is 1.12 bits per heavy atom. The molecule has 0 spiro atoms. The summed E-state index contributed by atoms with van der Waals surface area (Å²) in [6.07, 6.45) is 4.41. The van der Waals surface area contributed by atoms with Crippen molar-refractivity contribution in [2.75, 3.05) is 5.32 Å². The lowest BCUT2D eigenvalue weighted by Gasteiger charge is -2.05. The zero-order chi connectivity index (χ0) is 16.9. The van der Waals surface area contributed by atoms with Crippen LogP contribution in [0.4, 0.5) is 5.69 Å². The second-order valence-electron chi connectivity index (χ2n) is 6.15.